The van der Waals surface area contributed by atoms with Crippen LogP contribution in [0, 0.1) is 19.8 Å². The molecule has 3 atom stereocenters. The minimum atomic E-state index is -0.808. The van der Waals surface area contributed by atoms with Crippen molar-refractivity contribution in [3.05, 3.63) is 34.9 Å². The van der Waals surface area contributed by atoms with E-state index in [1.165, 1.54) is 0 Å². The Morgan fingerprint density at radius 1 is 0.900 bits per heavy atom. The van der Waals surface area contributed by atoms with Crippen molar-refractivity contribution in [2.24, 2.45) is 5.92 Å². The Kier molecular flexibility index (Phi) is 15.9. The quantitative estimate of drug-likeness (QED) is 0.195. The van der Waals surface area contributed by atoms with Crippen LogP contribution in [0.15, 0.2) is 18.2 Å². The fraction of sp³-hybridized carbons (Fsp3) is 0.727. The molecule has 1 aromatic rings. The van der Waals surface area contributed by atoms with Crippen molar-refractivity contribution < 1.29 is 19.1 Å². The normalized spacial score (nSPS) is 13.7. The highest BCUT2D eigenvalue weighted by atomic mass is 16.6. The summed E-state index contributed by atoms with van der Waals surface area (Å²) < 4.78 is 5.52. The van der Waals surface area contributed by atoms with Crippen molar-refractivity contribution in [1.82, 2.24) is 15.5 Å². The molecule has 0 spiro atoms. The lowest BCUT2D eigenvalue weighted by atomic mass is 9.94. The van der Waals surface area contributed by atoms with Crippen molar-refractivity contribution in [3.63, 3.8) is 0 Å². The number of carbonyl (C=O) groups is 3. The molecule has 2 N–H and O–H groups in total. The number of ether oxygens (including phenoxy) is 1. The van der Waals surface area contributed by atoms with Crippen molar-refractivity contribution in [1.29, 1.82) is 0 Å². The van der Waals surface area contributed by atoms with Gasteiger partial charge in [-0.05, 0) is 70.1 Å². The number of unbranched alkanes of at least 4 members (excludes halogenated alkanes) is 6. The summed E-state index contributed by atoms with van der Waals surface area (Å²) in [4.78, 5) is 42.8. The summed E-state index contributed by atoms with van der Waals surface area (Å²) in [5.41, 5.74) is 2.31. The van der Waals surface area contributed by atoms with E-state index in [0.717, 1.165) is 68.1 Å². The zero-order chi connectivity index (χ0) is 30.3. The maximum absolute atomic E-state index is 14.4. The van der Waals surface area contributed by atoms with Crippen molar-refractivity contribution in [2.75, 3.05) is 13.1 Å². The summed E-state index contributed by atoms with van der Waals surface area (Å²) in [6, 6.07) is 4.39. The lowest BCUT2D eigenvalue weighted by molar-refractivity contribution is -0.143. The molecule has 0 aliphatic heterocycles. The first-order chi connectivity index (χ1) is 18.9. The Balaban J connectivity index is 3.50. The molecule has 0 heterocycles. The molecule has 0 radical (unpaired) electrons. The van der Waals surface area contributed by atoms with Gasteiger partial charge in [0.05, 0.1) is 0 Å². The minimum Gasteiger partial charge on any atom is -0.444 e. The molecule has 0 saturated carbocycles. The molecule has 0 saturated heterocycles. The first-order valence-electron chi connectivity index (χ1n) is 15.5. The molecule has 0 fully saturated rings. The number of rotatable bonds is 17. The van der Waals surface area contributed by atoms with E-state index in [1.807, 2.05) is 45.9 Å². The van der Waals surface area contributed by atoms with Crippen molar-refractivity contribution in [3.8, 4) is 0 Å². The number of nitrogens with zero attached hydrogens (tertiary/aromatic N) is 1. The lowest BCUT2D eigenvalue weighted by Crippen LogP contribution is -2.55. The summed E-state index contributed by atoms with van der Waals surface area (Å²) in [6.45, 7) is 18.7. The zero-order valence-corrected chi connectivity index (χ0v) is 26.8. The van der Waals surface area contributed by atoms with Gasteiger partial charge in [0.25, 0.3) is 0 Å². The van der Waals surface area contributed by atoms with E-state index in [0.29, 0.717) is 19.5 Å². The summed E-state index contributed by atoms with van der Waals surface area (Å²) in [5.74, 6) is -0.570. The van der Waals surface area contributed by atoms with Crippen LogP contribution in [-0.4, -0.2) is 47.5 Å². The fourth-order valence-electron chi connectivity index (χ4n) is 4.64. The number of aryl methyl sites for hydroxylation is 2. The summed E-state index contributed by atoms with van der Waals surface area (Å²) in [6.07, 6.45) is 8.17. The van der Waals surface area contributed by atoms with Crippen LogP contribution >= 0.6 is 0 Å². The first kappa shape index (κ1) is 35.5. The van der Waals surface area contributed by atoms with E-state index in [9.17, 15) is 14.4 Å². The van der Waals surface area contributed by atoms with Gasteiger partial charge in [0, 0.05) is 13.1 Å². The van der Waals surface area contributed by atoms with Crippen LogP contribution < -0.4 is 10.6 Å². The topological polar surface area (TPSA) is 87.7 Å². The van der Waals surface area contributed by atoms with Crippen LogP contribution in [-0.2, 0) is 14.3 Å². The Labute approximate surface area is 244 Å². The SMILES string of the molecule is CCCCCCCN(C(=O)C(NC(=O)OC(C)(C)C)C(C)CC)C(C(=O)NCCCCC)c1ccc(C)c(C)c1. The second-order valence-corrected chi connectivity index (χ2v) is 12.2. The Hall–Kier alpha value is -2.57. The minimum absolute atomic E-state index is 0.143. The number of alkyl carbamates (subject to hydrolysis) is 1. The Morgan fingerprint density at radius 2 is 1.52 bits per heavy atom. The number of nitrogens with one attached hydrogen (secondary N) is 2. The summed E-state index contributed by atoms with van der Waals surface area (Å²) in [5, 5.41) is 5.96. The third kappa shape index (κ3) is 12.3. The van der Waals surface area contributed by atoms with Gasteiger partial charge in [0.15, 0.2) is 0 Å². The number of amides is 3. The van der Waals surface area contributed by atoms with E-state index < -0.39 is 23.8 Å². The number of benzene rings is 1. The number of hydrogen-bond donors (Lipinski definition) is 2. The molecule has 0 aliphatic carbocycles. The van der Waals surface area contributed by atoms with Crippen LogP contribution in [0.5, 0.6) is 0 Å². The molecule has 0 aliphatic rings. The van der Waals surface area contributed by atoms with Crippen LogP contribution in [0.2, 0.25) is 0 Å². The molecule has 0 aromatic heterocycles. The van der Waals surface area contributed by atoms with Gasteiger partial charge in [-0.2, -0.15) is 0 Å². The third-order valence-electron chi connectivity index (χ3n) is 7.42. The zero-order valence-electron chi connectivity index (χ0n) is 26.8. The van der Waals surface area contributed by atoms with Crippen LogP contribution in [0.3, 0.4) is 0 Å². The molecule has 7 nitrogen and oxygen atoms in total. The summed E-state index contributed by atoms with van der Waals surface area (Å²) in [7, 11) is 0. The standard InChI is InChI=1S/C33H57N3O4/c1-10-13-15-16-18-22-36(31(38)28(24(4)12-3)35-32(39)40-33(7,8)9)29(30(37)34-21-17-14-11-2)27-20-19-25(5)26(6)23-27/h19-20,23-24,28-29H,10-18,21-22H2,1-9H3,(H,34,37)(H,35,39). The molecule has 3 unspecified atom stereocenters. The van der Waals surface area contributed by atoms with E-state index in [2.05, 4.69) is 24.5 Å². The number of carbonyl (C=O) groups excluding carboxylic acids is 3. The maximum atomic E-state index is 14.4. The van der Waals surface area contributed by atoms with Gasteiger partial charge in [0.1, 0.15) is 17.7 Å². The van der Waals surface area contributed by atoms with E-state index in [1.54, 1.807) is 25.7 Å². The second-order valence-electron chi connectivity index (χ2n) is 12.2. The molecule has 3 amide bonds. The highest BCUT2D eigenvalue weighted by molar-refractivity contribution is 5.92. The van der Waals surface area contributed by atoms with Gasteiger partial charge < -0.3 is 20.3 Å². The molecule has 0 bridgehead atoms. The Bertz CT molecular complexity index is 925. The predicted octanol–water partition coefficient (Wildman–Crippen LogP) is 7.39. The monoisotopic (exact) mass is 559 g/mol. The molecule has 1 rings (SSSR count). The maximum Gasteiger partial charge on any atom is 0.408 e. The van der Waals surface area contributed by atoms with Gasteiger partial charge in [-0.15, -0.1) is 0 Å². The van der Waals surface area contributed by atoms with Gasteiger partial charge in [-0.1, -0.05) is 90.8 Å². The lowest BCUT2D eigenvalue weighted by Gasteiger charge is -2.36. The molecule has 228 valence electrons. The Morgan fingerprint density at radius 3 is 2.10 bits per heavy atom. The van der Waals surface area contributed by atoms with Gasteiger partial charge in [0.2, 0.25) is 11.8 Å². The van der Waals surface area contributed by atoms with E-state index in [4.69, 9.17) is 4.74 Å². The smallest absolute Gasteiger partial charge is 0.408 e. The van der Waals surface area contributed by atoms with Gasteiger partial charge in [-0.3, -0.25) is 9.59 Å². The number of hydrogen-bond acceptors (Lipinski definition) is 4. The van der Waals surface area contributed by atoms with E-state index in [-0.39, 0.29) is 17.7 Å². The fourth-order valence-corrected chi connectivity index (χ4v) is 4.64. The largest absolute Gasteiger partial charge is 0.444 e. The average molecular weight is 560 g/mol. The molecular weight excluding hydrogens is 502 g/mol. The summed E-state index contributed by atoms with van der Waals surface area (Å²) >= 11 is 0. The average Bonchev–Trinajstić information content (AvgIpc) is 2.89. The predicted molar refractivity (Wildman–Crippen MR) is 164 cm³/mol. The first-order valence-corrected chi connectivity index (χ1v) is 15.5. The van der Waals surface area contributed by atoms with Crippen molar-refractivity contribution in [2.45, 2.75) is 138 Å². The van der Waals surface area contributed by atoms with Crippen LogP contribution in [0.4, 0.5) is 4.79 Å². The third-order valence-corrected chi connectivity index (χ3v) is 7.42. The van der Waals surface area contributed by atoms with Crippen LogP contribution in [0.25, 0.3) is 0 Å². The van der Waals surface area contributed by atoms with Gasteiger partial charge in [-0.25, -0.2) is 4.79 Å². The molecular formula is C33H57N3O4. The van der Waals surface area contributed by atoms with Crippen LogP contribution in [0.1, 0.15) is 129 Å². The highest BCUT2D eigenvalue weighted by Gasteiger charge is 2.38. The van der Waals surface area contributed by atoms with Gasteiger partial charge >= 0.3 is 6.09 Å². The molecule has 1 aromatic carbocycles. The second kappa shape index (κ2) is 18.0. The molecule has 7 heteroatoms. The molecule has 40 heavy (non-hydrogen) atoms. The van der Waals surface area contributed by atoms with Crippen molar-refractivity contribution >= 4 is 17.9 Å². The highest BCUT2D eigenvalue weighted by Crippen LogP contribution is 2.27. The van der Waals surface area contributed by atoms with E-state index >= 15 is 0 Å².